The van der Waals surface area contributed by atoms with Crippen molar-refractivity contribution in [1.29, 1.82) is 0 Å². The van der Waals surface area contributed by atoms with E-state index in [2.05, 4.69) is 25.4 Å². The molecule has 0 atom stereocenters. The lowest BCUT2D eigenvalue weighted by atomic mass is 10.2. The molecule has 2 N–H and O–H groups in total. The summed E-state index contributed by atoms with van der Waals surface area (Å²) < 4.78 is 28.7. The van der Waals surface area contributed by atoms with Gasteiger partial charge in [0.25, 0.3) is 0 Å². The molecule has 0 bridgehead atoms. The van der Waals surface area contributed by atoms with E-state index in [0.29, 0.717) is 25.4 Å². The van der Waals surface area contributed by atoms with Crippen LogP contribution in [0.3, 0.4) is 0 Å². The highest BCUT2D eigenvalue weighted by molar-refractivity contribution is 7.98. The first kappa shape index (κ1) is 19.6. The summed E-state index contributed by atoms with van der Waals surface area (Å²) in [6.45, 7) is 0.417. The van der Waals surface area contributed by atoms with Crippen LogP contribution >= 0.6 is 11.8 Å². The molecule has 2 aromatic rings. The Hall–Kier alpha value is -2.16. The highest BCUT2D eigenvalue weighted by Crippen LogP contribution is 2.33. The second-order valence-corrected chi connectivity index (χ2v) is 7.29. The number of urea groups is 1. The Labute approximate surface area is 161 Å². The lowest BCUT2D eigenvalue weighted by molar-refractivity contribution is 0.252. The summed E-state index contributed by atoms with van der Waals surface area (Å²) >= 11 is 1.60. The molecular formula is C18H23F2N5OS. The van der Waals surface area contributed by atoms with E-state index in [4.69, 9.17) is 0 Å². The minimum atomic E-state index is -0.806. The summed E-state index contributed by atoms with van der Waals surface area (Å²) in [6.07, 6.45) is 8.17. The molecule has 0 spiro atoms. The van der Waals surface area contributed by atoms with Crippen molar-refractivity contribution >= 4 is 23.5 Å². The molecular weight excluding hydrogens is 372 g/mol. The van der Waals surface area contributed by atoms with E-state index in [9.17, 15) is 13.6 Å². The first-order valence-electron chi connectivity index (χ1n) is 9.06. The minimum Gasteiger partial charge on any atom is -0.338 e. The third kappa shape index (κ3) is 4.97. The van der Waals surface area contributed by atoms with Crippen LogP contribution < -0.4 is 10.6 Å². The maximum atomic E-state index is 13.5. The Balaban J connectivity index is 1.49. The number of hydrogen-bond acceptors (Lipinski definition) is 4. The van der Waals surface area contributed by atoms with E-state index >= 15 is 0 Å². The van der Waals surface area contributed by atoms with Gasteiger partial charge in [0, 0.05) is 25.1 Å². The lowest BCUT2D eigenvalue weighted by Gasteiger charge is -2.16. The predicted octanol–water partition coefficient (Wildman–Crippen LogP) is 4.15. The zero-order chi connectivity index (χ0) is 19.2. The lowest BCUT2D eigenvalue weighted by Crippen LogP contribution is -2.30. The van der Waals surface area contributed by atoms with Crippen LogP contribution in [0.15, 0.2) is 23.4 Å². The van der Waals surface area contributed by atoms with Gasteiger partial charge < -0.3 is 15.2 Å². The van der Waals surface area contributed by atoms with Crippen molar-refractivity contribution in [2.24, 2.45) is 0 Å². The number of nitrogens with zero attached hydrogens (tertiary/aromatic N) is 3. The number of thioether (sulfide) groups is 1. The van der Waals surface area contributed by atoms with Crippen LogP contribution in [0.5, 0.6) is 0 Å². The maximum absolute atomic E-state index is 13.5. The Bertz CT molecular complexity index is 792. The molecule has 0 aliphatic heterocycles. The SMILES string of the molecule is CSc1nnc(CCCNC(=O)Nc2ccc(F)cc2F)n1C1CCCC1. The van der Waals surface area contributed by atoms with Gasteiger partial charge in [-0.25, -0.2) is 13.6 Å². The Morgan fingerprint density at radius 3 is 2.78 bits per heavy atom. The van der Waals surface area contributed by atoms with Crippen molar-refractivity contribution in [3.63, 3.8) is 0 Å². The molecule has 1 heterocycles. The van der Waals surface area contributed by atoms with Crippen LogP contribution in [0.4, 0.5) is 19.3 Å². The average molecular weight is 395 g/mol. The number of hydrogen-bond donors (Lipinski definition) is 2. The van der Waals surface area contributed by atoms with E-state index in [0.717, 1.165) is 36.0 Å². The van der Waals surface area contributed by atoms with Crippen molar-refractivity contribution in [2.45, 2.75) is 49.7 Å². The smallest absolute Gasteiger partial charge is 0.319 e. The molecule has 1 aliphatic carbocycles. The Morgan fingerprint density at radius 1 is 1.30 bits per heavy atom. The molecule has 0 unspecified atom stereocenters. The fourth-order valence-corrected chi connectivity index (χ4v) is 3.93. The van der Waals surface area contributed by atoms with Gasteiger partial charge in [-0.15, -0.1) is 10.2 Å². The quantitative estimate of drug-likeness (QED) is 0.546. The van der Waals surface area contributed by atoms with Gasteiger partial charge in [-0.1, -0.05) is 24.6 Å². The molecule has 1 aromatic carbocycles. The molecule has 1 saturated carbocycles. The zero-order valence-electron chi connectivity index (χ0n) is 15.2. The normalized spacial score (nSPS) is 14.5. The van der Waals surface area contributed by atoms with E-state index in [-0.39, 0.29) is 5.69 Å². The average Bonchev–Trinajstić information content (AvgIpc) is 3.30. The van der Waals surface area contributed by atoms with Crippen LogP contribution in [0.2, 0.25) is 0 Å². The zero-order valence-corrected chi connectivity index (χ0v) is 16.0. The van der Waals surface area contributed by atoms with Gasteiger partial charge >= 0.3 is 6.03 Å². The molecule has 1 aliphatic rings. The summed E-state index contributed by atoms with van der Waals surface area (Å²) in [5, 5.41) is 14.6. The van der Waals surface area contributed by atoms with Crippen molar-refractivity contribution < 1.29 is 13.6 Å². The minimum absolute atomic E-state index is 0.0560. The molecule has 27 heavy (non-hydrogen) atoms. The van der Waals surface area contributed by atoms with Crippen molar-refractivity contribution in [2.75, 3.05) is 18.1 Å². The fraction of sp³-hybridized carbons (Fsp3) is 0.500. The van der Waals surface area contributed by atoms with Crippen LogP contribution in [-0.4, -0.2) is 33.6 Å². The van der Waals surface area contributed by atoms with Crippen molar-refractivity contribution in [3.8, 4) is 0 Å². The first-order valence-corrected chi connectivity index (χ1v) is 10.3. The number of halogens is 2. The monoisotopic (exact) mass is 395 g/mol. The van der Waals surface area contributed by atoms with Crippen molar-refractivity contribution in [3.05, 3.63) is 35.7 Å². The van der Waals surface area contributed by atoms with Gasteiger partial charge in [0.2, 0.25) is 0 Å². The van der Waals surface area contributed by atoms with Gasteiger partial charge in [-0.3, -0.25) is 0 Å². The van der Waals surface area contributed by atoms with Gasteiger partial charge in [0.05, 0.1) is 5.69 Å². The molecule has 1 fully saturated rings. The highest BCUT2D eigenvalue weighted by atomic mass is 32.2. The van der Waals surface area contributed by atoms with E-state index < -0.39 is 17.7 Å². The Kier molecular flexibility index (Phi) is 6.65. The third-order valence-electron chi connectivity index (χ3n) is 4.65. The highest BCUT2D eigenvalue weighted by Gasteiger charge is 2.23. The number of rotatable bonds is 7. The molecule has 3 rings (SSSR count). The van der Waals surface area contributed by atoms with Crippen LogP contribution in [0.1, 0.15) is 44.0 Å². The number of nitrogens with one attached hydrogen (secondary N) is 2. The topological polar surface area (TPSA) is 71.8 Å². The summed E-state index contributed by atoms with van der Waals surface area (Å²) in [5.74, 6) is -0.549. The summed E-state index contributed by atoms with van der Waals surface area (Å²) in [7, 11) is 0. The summed E-state index contributed by atoms with van der Waals surface area (Å²) in [4.78, 5) is 11.9. The summed E-state index contributed by atoms with van der Waals surface area (Å²) in [5.41, 5.74) is -0.0560. The van der Waals surface area contributed by atoms with Crippen molar-refractivity contribution in [1.82, 2.24) is 20.1 Å². The summed E-state index contributed by atoms with van der Waals surface area (Å²) in [6, 6.07) is 2.96. The first-order chi connectivity index (χ1) is 13.1. The molecule has 6 nitrogen and oxygen atoms in total. The fourth-order valence-electron chi connectivity index (χ4n) is 3.35. The molecule has 146 valence electrons. The van der Waals surface area contributed by atoms with Gasteiger partial charge in [-0.2, -0.15) is 0 Å². The maximum Gasteiger partial charge on any atom is 0.319 e. The van der Waals surface area contributed by atoms with Gasteiger partial charge in [0.15, 0.2) is 5.16 Å². The molecule has 2 amide bonds. The molecule has 9 heteroatoms. The van der Waals surface area contributed by atoms with E-state index in [1.54, 1.807) is 11.8 Å². The van der Waals surface area contributed by atoms with Crippen LogP contribution in [0.25, 0.3) is 0 Å². The number of aromatic nitrogens is 3. The van der Waals surface area contributed by atoms with Crippen LogP contribution in [-0.2, 0) is 6.42 Å². The predicted molar refractivity (Wildman–Crippen MR) is 101 cm³/mol. The number of carbonyl (C=O) groups is 1. The Morgan fingerprint density at radius 2 is 2.07 bits per heavy atom. The van der Waals surface area contributed by atoms with E-state index in [1.165, 1.54) is 18.9 Å². The number of benzene rings is 1. The number of anilines is 1. The second-order valence-electron chi connectivity index (χ2n) is 6.52. The second kappa shape index (κ2) is 9.16. The molecule has 1 aromatic heterocycles. The molecule has 0 radical (unpaired) electrons. The largest absolute Gasteiger partial charge is 0.338 e. The number of aryl methyl sites for hydroxylation is 1. The van der Waals surface area contributed by atoms with Gasteiger partial charge in [0.1, 0.15) is 17.5 Å². The molecule has 0 saturated heterocycles. The number of amides is 2. The van der Waals surface area contributed by atoms with E-state index in [1.807, 2.05) is 6.26 Å². The van der Waals surface area contributed by atoms with Crippen LogP contribution in [0, 0.1) is 11.6 Å². The third-order valence-corrected chi connectivity index (χ3v) is 5.29. The standard InChI is InChI=1S/C18H23F2N5OS/c1-27-18-24-23-16(25(18)13-5-2-3-6-13)7-4-10-21-17(26)22-15-9-8-12(19)11-14(15)20/h8-9,11,13H,2-7,10H2,1H3,(H2,21,22,26). The number of carbonyl (C=O) groups excluding carboxylic acids is 1. The van der Waals surface area contributed by atoms with Gasteiger partial charge in [-0.05, 0) is 37.7 Å².